The van der Waals surface area contributed by atoms with E-state index in [4.69, 9.17) is 0 Å². The molecule has 0 unspecified atom stereocenters. The summed E-state index contributed by atoms with van der Waals surface area (Å²) >= 11 is 3.36. The number of carbonyl (C=O) groups excluding carboxylic acids is 1. The zero-order valence-electron chi connectivity index (χ0n) is 12.9. The molecule has 0 saturated heterocycles. The number of Topliss-reactive ketones (excluding diaryl/α,β-unsaturated/α-hetero) is 1. The van der Waals surface area contributed by atoms with E-state index in [0.29, 0.717) is 15.4 Å². The summed E-state index contributed by atoms with van der Waals surface area (Å²) in [5.74, 6) is -0.164. The van der Waals surface area contributed by atoms with Crippen LogP contribution in [0.5, 0.6) is 0 Å². The highest BCUT2D eigenvalue weighted by atomic mass is 79.9. The third-order valence-electron chi connectivity index (χ3n) is 3.75. The lowest BCUT2D eigenvalue weighted by Crippen LogP contribution is -2.23. The lowest BCUT2D eigenvalue weighted by atomic mass is 10.2. The fraction of sp³-hybridized carbons (Fsp3) is 0.0500. The Morgan fingerprint density at radius 2 is 1.21 bits per heavy atom. The normalized spacial score (nSPS) is 11.2. The largest absolute Gasteiger partial charge is 0.289 e. The first-order chi connectivity index (χ1) is 11.6. The topological polar surface area (TPSA) is 34.1 Å². The molecule has 3 aromatic rings. The molecule has 0 aliphatic carbocycles. The average molecular weight is 400 g/mol. The van der Waals surface area contributed by atoms with E-state index in [2.05, 4.69) is 15.9 Å². The average Bonchev–Trinajstić information content (AvgIpc) is 2.63. The molecule has 0 amide bonds. The first-order valence-corrected chi connectivity index (χ1v) is 10.0. The van der Waals surface area contributed by atoms with Gasteiger partial charge in [-0.25, -0.2) is 0 Å². The van der Waals surface area contributed by atoms with Gasteiger partial charge in [-0.15, -0.1) is 0 Å². The molecule has 0 heterocycles. The van der Waals surface area contributed by atoms with Crippen LogP contribution in [0.15, 0.2) is 99.2 Å². The van der Waals surface area contributed by atoms with E-state index in [1.165, 1.54) is 0 Å². The van der Waals surface area contributed by atoms with Crippen molar-refractivity contribution in [3.05, 3.63) is 95.0 Å². The van der Waals surface area contributed by atoms with Crippen LogP contribution < -0.4 is 0 Å². The lowest BCUT2D eigenvalue weighted by Gasteiger charge is -2.11. The van der Waals surface area contributed by atoms with E-state index in [9.17, 15) is 9.00 Å². The predicted octanol–water partition coefficient (Wildman–Crippen LogP) is 5.25. The van der Waals surface area contributed by atoms with Crippen LogP contribution >= 0.6 is 15.9 Å². The van der Waals surface area contributed by atoms with Crippen molar-refractivity contribution in [3.8, 4) is 0 Å². The van der Waals surface area contributed by atoms with E-state index in [1.54, 1.807) is 12.1 Å². The highest BCUT2D eigenvalue weighted by molar-refractivity contribution is 9.10. The Morgan fingerprint density at radius 3 is 1.67 bits per heavy atom. The SMILES string of the molecule is O=C(C[S+](=O)(c1ccccc1)c1ccccc1)c1ccc(Br)cc1. The highest BCUT2D eigenvalue weighted by Crippen LogP contribution is 2.30. The standard InChI is InChI=1S/C20H16BrO2S/c21-17-13-11-16(12-14-17)20(22)15-24(23,18-7-3-1-4-8-18)19-9-5-2-6-10-19/h1-14H,15H2/q+1. The summed E-state index contributed by atoms with van der Waals surface area (Å²) in [6.07, 6.45) is 0. The van der Waals surface area contributed by atoms with Gasteiger partial charge in [0.25, 0.3) is 0 Å². The summed E-state index contributed by atoms with van der Waals surface area (Å²) in [6, 6.07) is 25.6. The van der Waals surface area contributed by atoms with Gasteiger partial charge in [-0.2, -0.15) is 0 Å². The number of benzene rings is 3. The predicted molar refractivity (Wildman–Crippen MR) is 101 cm³/mol. The molecule has 0 spiro atoms. The van der Waals surface area contributed by atoms with Crippen LogP contribution in [0, 0.1) is 0 Å². The van der Waals surface area contributed by atoms with Crippen LogP contribution in [-0.4, -0.2) is 11.5 Å². The highest BCUT2D eigenvalue weighted by Gasteiger charge is 2.37. The van der Waals surface area contributed by atoms with Crippen LogP contribution in [-0.2, 0) is 14.1 Å². The van der Waals surface area contributed by atoms with Crippen molar-refractivity contribution in [1.29, 1.82) is 0 Å². The molecule has 0 atom stereocenters. The first kappa shape index (κ1) is 16.8. The number of ketones is 1. The number of hydrogen-bond donors (Lipinski definition) is 0. The molecule has 0 N–H and O–H groups in total. The second kappa shape index (κ2) is 7.24. The summed E-state index contributed by atoms with van der Waals surface area (Å²) in [5, 5.41) is 0. The minimum atomic E-state index is -2.67. The van der Waals surface area contributed by atoms with Crippen molar-refractivity contribution in [3.63, 3.8) is 0 Å². The third kappa shape index (κ3) is 3.55. The van der Waals surface area contributed by atoms with Crippen molar-refractivity contribution in [2.75, 3.05) is 5.75 Å². The maximum atomic E-state index is 13.8. The van der Waals surface area contributed by atoms with Crippen molar-refractivity contribution in [2.45, 2.75) is 9.79 Å². The summed E-state index contributed by atoms with van der Waals surface area (Å²) in [5.41, 5.74) is 0.567. The van der Waals surface area contributed by atoms with Crippen LogP contribution in [0.3, 0.4) is 0 Å². The molecule has 4 heteroatoms. The smallest absolute Gasteiger partial charge is 0.212 e. The second-order valence-electron chi connectivity index (χ2n) is 5.38. The quantitative estimate of drug-likeness (QED) is 0.433. The molecule has 24 heavy (non-hydrogen) atoms. The molecule has 0 radical (unpaired) electrons. The molecular formula is C20H16BrO2S+. The molecule has 0 fully saturated rings. The molecule has 0 bridgehead atoms. The fourth-order valence-corrected chi connectivity index (χ4v) is 5.09. The van der Waals surface area contributed by atoms with E-state index in [0.717, 1.165) is 4.47 Å². The van der Waals surface area contributed by atoms with Gasteiger partial charge < -0.3 is 0 Å². The van der Waals surface area contributed by atoms with Gasteiger partial charge in [-0.05, 0) is 36.4 Å². The molecule has 0 aliphatic heterocycles. The number of carbonyl (C=O) groups is 1. The summed E-state index contributed by atoms with van der Waals surface area (Å²) in [6.45, 7) is 0. The first-order valence-electron chi connectivity index (χ1n) is 7.50. The monoisotopic (exact) mass is 399 g/mol. The summed E-state index contributed by atoms with van der Waals surface area (Å²) in [4.78, 5) is 14.1. The Labute approximate surface area is 151 Å². The molecular weight excluding hydrogens is 384 g/mol. The van der Waals surface area contributed by atoms with Crippen LogP contribution in [0.2, 0.25) is 0 Å². The Bertz CT molecular complexity index is 831. The van der Waals surface area contributed by atoms with Gasteiger partial charge in [0, 0.05) is 10.0 Å². The van der Waals surface area contributed by atoms with E-state index >= 15 is 0 Å². The van der Waals surface area contributed by atoms with Crippen molar-refractivity contribution in [1.82, 2.24) is 0 Å². The Kier molecular flexibility index (Phi) is 5.07. The second-order valence-corrected chi connectivity index (χ2v) is 8.87. The van der Waals surface area contributed by atoms with Gasteiger partial charge in [-0.1, -0.05) is 68.7 Å². The lowest BCUT2D eigenvalue weighted by molar-refractivity contribution is 0.102. The maximum absolute atomic E-state index is 13.8. The zero-order chi connectivity index (χ0) is 17.0. The maximum Gasteiger partial charge on any atom is 0.212 e. The van der Waals surface area contributed by atoms with Gasteiger partial charge in [-0.3, -0.25) is 4.79 Å². The van der Waals surface area contributed by atoms with Crippen LogP contribution in [0.25, 0.3) is 0 Å². The van der Waals surface area contributed by atoms with Gasteiger partial charge in [0.05, 0.1) is 0 Å². The van der Waals surface area contributed by atoms with E-state index in [1.807, 2.05) is 72.8 Å². The van der Waals surface area contributed by atoms with E-state index < -0.39 is 9.93 Å². The molecule has 3 rings (SSSR count). The Morgan fingerprint density at radius 1 is 0.750 bits per heavy atom. The zero-order valence-corrected chi connectivity index (χ0v) is 15.3. The minimum absolute atomic E-state index is 0.0390. The van der Waals surface area contributed by atoms with E-state index in [-0.39, 0.29) is 11.5 Å². The molecule has 0 aromatic heterocycles. The fourth-order valence-electron chi connectivity index (χ4n) is 2.49. The Hall–Kier alpha value is -2.04. The van der Waals surface area contributed by atoms with Crippen molar-refractivity contribution >= 4 is 31.6 Å². The van der Waals surface area contributed by atoms with Gasteiger partial charge in [0.1, 0.15) is 0 Å². The number of hydrogen-bond acceptors (Lipinski definition) is 2. The molecule has 120 valence electrons. The molecule has 3 aromatic carbocycles. The molecule has 0 saturated carbocycles. The third-order valence-corrected chi connectivity index (χ3v) is 7.01. The summed E-state index contributed by atoms with van der Waals surface area (Å²) < 4.78 is 14.7. The molecule has 0 aliphatic rings. The molecule has 2 nitrogen and oxygen atoms in total. The van der Waals surface area contributed by atoms with Crippen LogP contribution in [0.4, 0.5) is 0 Å². The Balaban J connectivity index is 2.02. The number of rotatable bonds is 5. The minimum Gasteiger partial charge on any atom is -0.289 e. The van der Waals surface area contributed by atoms with Crippen molar-refractivity contribution < 1.29 is 9.00 Å². The van der Waals surface area contributed by atoms with Gasteiger partial charge in [0.2, 0.25) is 5.78 Å². The number of halogens is 1. The van der Waals surface area contributed by atoms with Gasteiger partial charge >= 0.3 is 0 Å². The summed E-state index contributed by atoms with van der Waals surface area (Å²) in [7, 11) is -2.67. The van der Waals surface area contributed by atoms with Crippen molar-refractivity contribution in [2.24, 2.45) is 0 Å². The van der Waals surface area contributed by atoms with Gasteiger partial charge in [0.15, 0.2) is 25.5 Å². The van der Waals surface area contributed by atoms with Crippen LogP contribution in [0.1, 0.15) is 10.4 Å².